The van der Waals surface area contributed by atoms with Gasteiger partial charge >= 0.3 is 6.03 Å². The van der Waals surface area contributed by atoms with E-state index >= 15 is 0 Å². The highest BCUT2D eigenvalue weighted by Gasteiger charge is 2.34. The molecule has 1 atom stereocenters. The Bertz CT molecular complexity index is 830. The third kappa shape index (κ3) is 5.64. The Morgan fingerprint density at radius 1 is 1.10 bits per heavy atom. The van der Waals surface area contributed by atoms with E-state index in [0.29, 0.717) is 17.9 Å². The van der Waals surface area contributed by atoms with Gasteiger partial charge < -0.3 is 14.7 Å². The second-order valence-electron chi connectivity index (χ2n) is 9.22. The number of carbonyl (C=O) groups is 1. The zero-order valence-corrected chi connectivity index (χ0v) is 18.8. The van der Waals surface area contributed by atoms with Crippen LogP contribution in [-0.4, -0.2) is 51.6 Å². The molecule has 1 N–H and O–H groups in total. The number of benzene rings is 1. The van der Waals surface area contributed by atoms with Crippen molar-refractivity contribution in [2.45, 2.75) is 70.9 Å². The third-order valence-electron chi connectivity index (χ3n) is 6.62. The van der Waals surface area contributed by atoms with Gasteiger partial charge in [-0.15, -0.1) is 0 Å². The molecule has 2 aliphatic heterocycles. The van der Waals surface area contributed by atoms with Gasteiger partial charge in [-0.25, -0.2) is 4.79 Å². The highest BCUT2D eigenvalue weighted by Crippen LogP contribution is 2.31. The number of hydrogen-bond donors (Lipinski definition) is 1. The fourth-order valence-corrected chi connectivity index (χ4v) is 4.85. The first-order chi connectivity index (χ1) is 15.1. The van der Waals surface area contributed by atoms with Crippen LogP contribution in [-0.2, 0) is 6.54 Å². The lowest BCUT2D eigenvalue weighted by atomic mass is 9.86. The van der Waals surface area contributed by atoms with Crippen LogP contribution < -0.4 is 5.32 Å². The molecule has 2 fully saturated rings. The molecule has 2 aromatic rings. The molecule has 0 radical (unpaired) electrons. The Morgan fingerprint density at radius 3 is 2.58 bits per heavy atom. The van der Waals surface area contributed by atoms with Crippen LogP contribution in [0.1, 0.15) is 70.0 Å². The van der Waals surface area contributed by atoms with Crippen molar-refractivity contribution in [2.24, 2.45) is 5.92 Å². The Balaban J connectivity index is 1.35. The number of aromatic nitrogens is 2. The number of carbonyl (C=O) groups excluding carboxylic acids is 1. The van der Waals surface area contributed by atoms with Crippen molar-refractivity contribution in [3.63, 3.8) is 0 Å². The van der Waals surface area contributed by atoms with E-state index < -0.39 is 0 Å². The van der Waals surface area contributed by atoms with Crippen LogP contribution in [0, 0.1) is 5.92 Å². The van der Waals surface area contributed by atoms with Gasteiger partial charge in [0, 0.05) is 24.2 Å². The molecule has 2 amide bonds. The average Bonchev–Trinajstić information content (AvgIpc) is 3.10. The quantitative estimate of drug-likeness (QED) is 0.739. The van der Waals surface area contributed by atoms with Crippen molar-refractivity contribution in [2.75, 3.05) is 25.0 Å². The maximum atomic E-state index is 13.1. The maximum absolute atomic E-state index is 13.1. The summed E-state index contributed by atoms with van der Waals surface area (Å²) in [6.45, 7) is 7.74. The van der Waals surface area contributed by atoms with Crippen molar-refractivity contribution in [3.05, 3.63) is 42.0 Å². The minimum absolute atomic E-state index is 0.0487. The average molecular weight is 426 g/mol. The molecule has 0 saturated carbocycles. The standard InChI is InChI=1S/C24H35N5O2/c1-18(2)23-26-22(31-27-23)17-28-15-12-19(13-16-28)21-11-7-4-8-14-29(21)24(30)25-20-9-5-3-6-10-20/h3,5-6,9-10,18-19,21H,4,7-8,11-17H2,1-2H3,(H,25,30)/t21-/m0/s1. The van der Waals surface area contributed by atoms with E-state index in [0.717, 1.165) is 63.4 Å². The van der Waals surface area contributed by atoms with Gasteiger partial charge in [-0.1, -0.05) is 50.0 Å². The minimum Gasteiger partial charge on any atom is -0.338 e. The number of amides is 2. The number of urea groups is 1. The van der Waals surface area contributed by atoms with E-state index in [1.165, 1.54) is 12.8 Å². The molecule has 1 aromatic heterocycles. The number of para-hydroxylation sites is 1. The van der Waals surface area contributed by atoms with Gasteiger partial charge in [0.2, 0.25) is 5.89 Å². The molecule has 31 heavy (non-hydrogen) atoms. The van der Waals surface area contributed by atoms with Gasteiger partial charge in [0.1, 0.15) is 0 Å². The summed E-state index contributed by atoms with van der Waals surface area (Å²) in [7, 11) is 0. The van der Waals surface area contributed by atoms with Crippen LogP contribution in [0.3, 0.4) is 0 Å². The first-order valence-corrected chi connectivity index (χ1v) is 11.8. The monoisotopic (exact) mass is 425 g/mol. The van der Waals surface area contributed by atoms with E-state index in [9.17, 15) is 4.79 Å². The molecule has 2 aliphatic rings. The Labute approximate surface area is 185 Å². The summed E-state index contributed by atoms with van der Waals surface area (Å²) in [4.78, 5) is 22.2. The molecule has 0 unspecified atom stereocenters. The van der Waals surface area contributed by atoms with Crippen LogP contribution in [0.5, 0.6) is 0 Å². The van der Waals surface area contributed by atoms with Gasteiger partial charge in [0.15, 0.2) is 5.82 Å². The number of anilines is 1. The molecule has 1 aromatic carbocycles. The van der Waals surface area contributed by atoms with Gasteiger partial charge in [0.25, 0.3) is 0 Å². The summed E-state index contributed by atoms with van der Waals surface area (Å²) in [6, 6.07) is 10.2. The first-order valence-electron chi connectivity index (χ1n) is 11.8. The molecule has 168 valence electrons. The SMILES string of the molecule is CC(C)c1noc(CN2CCC([C@@H]3CCCCCN3C(=O)Nc3ccccc3)CC2)n1. The number of likely N-dealkylation sites (tertiary alicyclic amines) is 2. The zero-order valence-electron chi connectivity index (χ0n) is 18.8. The van der Waals surface area contributed by atoms with E-state index in [1.807, 2.05) is 30.3 Å². The molecule has 7 nitrogen and oxygen atoms in total. The lowest BCUT2D eigenvalue weighted by molar-refractivity contribution is 0.0974. The summed E-state index contributed by atoms with van der Waals surface area (Å²) in [6.07, 6.45) is 6.82. The van der Waals surface area contributed by atoms with Crippen LogP contribution >= 0.6 is 0 Å². The molecule has 0 bridgehead atoms. The van der Waals surface area contributed by atoms with Gasteiger partial charge in [-0.3, -0.25) is 4.90 Å². The predicted octanol–water partition coefficient (Wildman–Crippen LogP) is 4.88. The fourth-order valence-electron chi connectivity index (χ4n) is 4.85. The minimum atomic E-state index is 0.0487. The number of rotatable bonds is 5. The zero-order chi connectivity index (χ0) is 21.6. The molecule has 2 saturated heterocycles. The molecular weight excluding hydrogens is 390 g/mol. The highest BCUT2D eigenvalue weighted by molar-refractivity contribution is 5.89. The Kier molecular flexibility index (Phi) is 7.22. The molecule has 4 rings (SSSR count). The molecule has 0 spiro atoms. The molecule has 7 heteroatoms. The fraction of sp³-hybridized carbons (Fsp3) is 0.625. The maximum Gasteiger partial charge on any atom is 0.322 e. The summed E-state index contributed by atoms with van der Waals surface area (Å²) < 4.78 is 5.43. The van der Waals surface area contributed by atoms with E-state index in [2.05, 4.69) is 39.1 Å². The van der Waals surface area contributed by atoms with E-state index in [-0.39, 0.29) is 11.9 Å². The Hall–Kier alpha value is -2.41. The molecule has 3 heterocycles. The van der Waals surface area contributed by atoms with Crippen molar-refractivity contribution >= 4 is 11.7 Å². The summed E-state index contributed by atoms with van der Waals surface area (Å²) >= 11 is 0. The normalized spacial score (nSPS) is 21.3. The summed E-state index contributed by atoms with van der Waals surface area (Å²) in [5.41, 5.74) is 0.866. The highest BCUT2D eigenvalue weighted by atomic mass is 16.5. The topological polar surface area (TPSA) is 74.5 Å². The van der Waals surface area contributed by atoms with Crippen LogP contribution in [0.25, 0.3) is 0 Å². The largest absolute Gasteiger partial charge is 0.338 e. The number of nitrogens with zero attached hydrogens (tertiary/aromatic N) is 4. The van der Waals surface area contributed by atoms with Gasteiger partial charge in [0.05, 0.1) is 6.54 Å². The van der Waals surface area contributed by atoms with Crippen molar-refractivity contribution in [3.8, 4) is 0 Å². The summed E-state index contributed by atoms with van der Waals surface area (Å²) in [5.74, 6) is 2.32. The van der Waals surface area contributed by atoms with Crippen molar-refractivity contribution in [1.82, 2.24) is 19.9 Å². The molecular formula is C24H35N5O2. The van der Waals surface area contributed by atoms with E-state index in [1.54, 1.807) is 0 Å². The Morgan fingerprint density at radius 2 is 1.87 bits per heavy atom. The van der Waals surface area contributed by atoms with Gasteiger partial charge in [-0.05, 0) is 56.8 Å². The number of piperidine rings is 1. The first kappa shape index (κ1) is 21.8. The molecule has 0 aliphatic carbocycles. The summed E-state index contributed by atoms with van der Waals surface area (Å²) in [5, 5.41) is 7.19. The second-order valence-corrected chi connectivity index (χ2v) is 9.22. The number of hydrogen-bond acceptors (Lipinski definition) is 5. The van der Waals surface area contributed by atoms with Crippen molar-refractivity contribution in [1.29, 1.82) is 0 Å². The van der Waals surface area contributed by atoms with E-state index in [4.69, 9.17) is 4.52 Å². The smallest absolute Gasteiger partial charge is 0.322 e. The third-order valence-corrected chi connectivity index (χ3v) is 6.62. The van der Waals surface area contributed by atoms with Gasteiger partial charge in [-0.2, -0.15) is 4.98 Å². The predicted molar refractivity (Wildman–Crippen MR) is 121 cm³/mol. The van der Waals surface area contributed by atoms with Crippen LogP contribution in [0.2, 0.25) is 0 Å². The number of nitrogens with one attached hydrogen (secondary N) is 1. The lowest BCUT2D eigenvalue weighted by Crippen LogP contribution is -2.49. The lowest BCUT2D eigenvalue weighted by Gasteiger charge is -2.40. The van der Waals surface area contributed by atoms with Crippen molar-refractivity contribution < 1.29 is 9.32 Å². The van der Waals surface area contributed by atoms with Crippen LogP contribution in [0.4, 0.5) is 10.5 Å². The second kappa shape index (κ2) is 10.3. The van der Waals surface area contributed by atoms with Crippen LogP contribution in [0.15, 0.2) is 34.9 Å².